The second kappa shape index (κ2) is 9.41. The van der Waals surface area contributed by atoms with Crippen molar-refractivity contribution in [3.05, 3.63) is 53.2 Å². The minimum atomic E-state index is -0.0821. The van der Waals surface area contributed by atoms with Crippen molar-refractivity contribution in [1.29, 1.82) is 0 Å². The van der Waals surface area contributed by atoms with Crippen LogP contribution >= 0.6 is 11.6 Å². The molecule has 3 N–H and O–H groups in total. The number of aliphatic imine (C=N–C) groups is 1. The number of guanidine groups is 1. The average molecular weight is 401 g/mol. The summed E-state index contributed by atoms with van der Waals surface area (Å²) in [5.41, 5.74) is 1.84. The van der Waals surface area contributed by atoms with Crippen LogP contribution in [-0.2, 0) is 11.3 Å². The number of nitrogens with zero attached hydrogens (tertiary/aromatic N) is 3. The van der Waals surface area contributed by atoms with Crippen molar-refractivity contribution in [2.75, 3.05) is 30.4 Å². The van der Waals surface area contributed by atoms with Crippen LogP contribution in [0.5, 0.6) is 0 Å². The van der Waals surface area contributed by atoms with E-state index in [1.807, 2.05) is 36.4 Å². The largest absolute Gasteiger partial charge is 0.353 e. The number of carbonyl (C=O) groups is 1. The van der Waals surface area contributed by atoms with Crippen LogP contribution < -0.4 is 20.9 Å². The number of hydrogen-bond acceptors (Lipinski definition) is 4. The Morgan fingerprint density at radius 1 is 1.36 bits per heavy atom. The van der Waals surface area contributed by atoms with E-state index in [0.717, 1.165) is 42.5 Å². The van der Waals surface area contributed by atoms with Gasteiger partial charge in [0.25, 0.3) is 0 Å². The summed E-state index contributed by atoms with van der Waals surface area (Å²) in [7, 11) is 1.76. The topological polar surface area (TPSA) is 81.6 Å². The van der Waals surface area contributed by atoms with Gasteiger partial charge in [-0.1, -0.05) is 23.7 Å². The van der Waals surface area contributed by atoms with Crippen molar-refractivity contribution >= 4 is 35.0 Å². The highest BCUT2D eigenvalue weighted by Crippen LogP contribution is 2.25. The second-order valence-corrected chi connectivity index (χ2v) is 7.10. The summed E-state index contributed by atoms with van der Waals surface area (Å²) in [4.78, 5) is 22.1. The molecule has 1 fully saturated rings. The van der Waals surface area contributed by atoms with Crippen molar-refractivity contribution in [2.45, 2.75) is 25.9 Å². The molecular weight excluding hydrogens is 376 g/mol. The highest BCUT2D eigenvalue weighted by molar-refractivity contribution is 6.32. The maximum absolute atomic E-state index is 11.2. The lowest BCUT2D eigenvalue weighted by atomic mass is 10.2. The Morgan fingerprint density at radius 3 is 2.96 bits per heavy atom. The summed E-state index contributed by atoms with van der Waals surface area (Å²) < 4.78 is 0. The van der Waals surface area contributed by atoms with Gasteiger partial charge in [0.05, 0.1) is 5.02 Å². The smallest absolute Gasteiger partial charge is 0.221 e. The zero-order valence-corrected chi connectivity index (χ0v) is 16.8. The molecule has 1 aromatic heterocycles. The molecule has 0 saturated carbocycles. The third-order valence-corrected chi connectivity index (χ3v) is 4.79. The molecule has 0 bridgehead atoms. The Kier molecular flexibility index (Phi) is 6.71. The molecule has 0 spiro atoms. The van der Waals surface area contributed by atoms with Crippen molar-refractivity contribution in [3.63, 3.8) is 0 Å². The van der Waals surface area contributed by atoms with Crippen LogP contribution in [0.2, 0.25) is 5.02 Å². The Bertz CT molecular complexity index is 856. The first kappa shape index (κ1) is 19.9. The predicted octanol–water partition coefficient (Wildman–Crippen LogP) is 2.64. The molecule has 2 aromatic rings. The lowest BCUT2D eigenvalue weighted by Crippen LogP contribution is -2.44. The minimum Gasteiger partial charge on any atom is -0.353 e. The monoisotopic (exact) mass is 400 g/mol. The summed E-state index contributed by atoms with van der Waals surface area (Å²) in [6.07, 6.45) is 2.74. The molecule has 1 aliphatic rings. The normalized spacial score (nSPS) is 16.8. The molecular formula is C20H25ClN6O. The quantitative estimate of drug-likeness (QED) is 0.531. The van der Waals surface area contributed by atoms with Gasteiger partial charge in [0.1, 0.15) is 5.82 Å². The van der Waals surface area contributed by atoms with Gasteiger partial charge in [-0.15, -0.1) is 0 Å². The molecule has 0 radical (unpaired) electrons. The molecule has 1 aliphatic heterocycles. The van der Waals surface area contributed by atoms with E-state index in [0.29, 0.717) is 11.6 Å². The van der Waals surface area contributed by atoms with Crippen molar-refractivity contribution in [1.82, 2.24) is 15.6 Å². The number of carbonyl (C=O) groups excluding carboxylic acids is 1. The van der Waals surface area contributed by atoms with Gasteiger partial charge in [-0.25, -0.2) is 4.98 Å². The number of rotatable bonds is 5. The Balaban J connectivity index is 1.53. The van der Waals surface area contributed by atoms with Crippen LogP contribution in [-0.4, -0.2) is 43.0 Å². The molecule has 2 heterocycles. The van der Waals surface area contributed by atoms with Gasteiger partial charge in [0.2, 0.25) is 5.91 Å². The molecule has 28 heavy (non-hydrogen) atoms. The van der Waals surface area contributed by atoms with Gasteiger partial charge in [-0.05, 0) is 36.2 Å². The zero-order chi connectivity index (χ0) is 19.9. The van der Waals surface area contributed by atoms with E-state index in [9.17, 15) is 4.79 Å². The lowest BCUT2D eigenvalue weighted by Gasteiger charge is -2.20. The maximum atomic E-state index is 11.2. The van der Waals surface area contributed by atoms with E-state index in [1.165, 1.54) is 6.92 Å². The Labute approximate surface area is 170 Å². The molecule has 1 amide bonds. The molecule has 1 aromatic carbocycles. The fraction of sp³-hybridized carbons (Fsp3) is 0.350. The highest BCUT2D eigenvalue weighted by atomic mass is 35.5. The van der Waals surface area contributed by atoms with Crippen LogP contribution in [0, 0.1) is 0 Å². The van der Waals surface area contributed by atoms with Gasteiger partial charge in [0, 0.05) is 51.5 Å². The summed E-state index contributed by atoms with van der Waals surface area (Å²) in [5, 5.41) is 10.3. The van der Waals surface area contributed by atoms with Crippen LogP contribution in [0.25, 0.3) is 0 Å². The highest BCUT2D eigenvalue weighted by Gasteiger charge is 2.25. The van der Waals surface area contributed by atoms with Crippen LogP contribution in [0.15, 0.2) is 47.6 Å². The number of pyridine rings is 1. The van der Waals surface area contributed by atoms with Gasteiger partial charge in [0.15, 0.2) is 5.96 Å². The van der Waals surface area contributed by atoms with Crippen molar-refractivity contribution in [2.24, 2.45) is 4.99 Å². The second-order valence-electron chi connectivity index (χ2n) is 6.69. The molecule has 1 atom stereocenters. The number of benzene rings is 1. The molecule has 7 nitrogen and oxygen atoms in total. The third-order valence-electron chi connectivity index (χ3n) is 4.50. The molecule has 148 valence electrons. The number of anilines is 2. The van der Waals surface area contributed by atoms with Gasteiger partial charge < -0.3 is 20.9 Å². The van der Waals surface area contributed by atoms with Crippen LogP contribution in [0.4, 0.5) is 11.5 Å². The van der Waals surface area contributed by atoms with Crippen molar-refractivity contribution < 1.29 is 4.79 Å². The Hall–Kier alpha value is -2.80. The molecule has 1 unspecified atom stereocenters. The third kappa shape index (κ3) is 5.36. The van der Waals surface area contributed by atoms with Crippen molar-refractivity contribution in [3.8, 4) is 0 Å². The number of aromatic nitrogens is 1. The van der Waals surface area contributed by atoms with Gasteiger partial charge >= 0.3 is 0 Å². The molecule has 3 rings (SSSR count). The van der Waals surface area contributed by atoms with Gasteiger partial charge in [-0.2, -0.15) is 0 Å². The average Bonchev–Trinajstić information content (AvgIpc) is 3.13. The standard InChI is InChI=1S/C20H25ClN6O/c1-14(28)25-16-6-3-5-15(11-16)12-24-20(22-2)26-17-8-10-27(13-17)19-18(21)7-4-9-23-19/h3-7,9,11,17H,8,10,12-13H2,1-2H3,(H,25,28)(H2,22,24,26). The van der Waals surface area contributed by atoms with E-state index in [4.69, 9.17) is 11.6 Å². The summed E-state index contributed by atoms with van der Waals surface area (Å²) >= 11 is 6.26. The molecule has 0 aliphatic carbocycles. The van der Waals surface area contributed by atoms with Gasteiger partial charge in [-0.3, -0.25) is 9.79 Å². The Morgan fingerprint density at radius 2 is 2.21 bits per heavy atom. The summed E-state index contributed by atoms with van der Waals surface area (Å²) in [5.74, 6) is 1.48. The van der Waals surface area contributed by atoms with Crippen LogP contribution in [0.3, 0.4) is 0 Å². The van der Waals surface area contributed by atoms with E-state index >= 15 is 0 Å². The number of hydrogen-bond donors (Lipinski definition) is 3. The van der Waals surface area contributed by atoms with E-state index in [-0.39, 0.29) is 11.9 Å². The first-order valence-corrected chi connectivity index (χ1v) is 9.62. The first-order chi connectivity index (χ1) is 13.5. The molecule has 1 saturated heterocycles. The first-order valence-electron chi connectivity index (χ1n) is 9.24. The predicted molar refractivity (Wildman–Crippen MR) is 114 cm³/mol. The zero-order valence-electron chi connectivity index (χ0n) is 16.1. The van der Waals surface area contributed by atoms with Crippen LogP contribution in [0.1, 0.15) is 18.9 Å². The van der Waals surface area contributed by atoms with E-state index in [2.05, 4.69) is 30.8 Å². The fourth-order valence-electron chi connectivity index (χ4n) is 3.22. The number of nitrogens with one attached hydrogen (secondary N) is 3. The summed E-state index contributed by atoms with van der Waals surface area (Å²) in [6, 6.07) is 11.7. The SMILES string of the molecule is CN=C(NCc1cccc(NC(C)=O)c1)NC1CCN(c2ncccc2Cl)C1. The lowest BCUT2D eigenvalue weighted by molar-refractivity contribution is -0.114. The number of halogens is 1. The molecule has 8 heteroatoms. The summed E-state index contributed by atoms with van der Waals surface area (Å²) in [6.45, 7) is 3.81. The van der Waals surface area contributed by atoms with E-state index < -0.39 is 0 Å². The van der Waals surface area contributed by atoms with E-state index in [1.54, 1.807) is 13.2 Å². The fourth-order valence-corrected chi connectivity index (χ4v) is 3.46. The minimum absolute atomic E-state index is 0.0821. The maximum Gasteiger partial charge on any atom is 0.221 e. The number of amides is 1.